The van der Waals surface area contributed by atoms with Crippen molar-refractivity contribution in [1.29, 1.82) is 0 Å². The van der Waals surface area contributed by atoms with Crippen molar-refractivity contribution < 1.29 is 9.53 Å². The van der Waals surface area contributed by atoms with Crippen molar-refractivity contribution in [3.63, 3.8) is 0 Å². The molecule has 0 bridgehead atoms. The summed E-state index contributed by atoms with van der Waals surface area (Å²) in [6.45, 7) is 6.65. The number of carbonyl (C=O) groups is 1. The van der Waals surface area contributed by atoms with E-state index in [1.807, 2.05) is 20.8 Å². The van der Waals surface area contributed by atoms with Gasteiger partial charge in [-0.1, -0.05) is 0 Å². The van der Waals surface area contributed by atoms with Crippen LogP contribution >= 0.6 is 0 Å². The summed E-state index contributed by atoms with van der Waals surface area (Å²) in [6, 6.07) is -0.157. The van der Waals surface area contributed by atoms with Crippen molar-refractivity contribution in [2.24, 2.45) is 11.5 Å². The summed E-state index contributed by atoms with van der Waals surface area (Å²) < 4.78 is 5.25. The highest BCUT2D eigenvalue weighted by atomic mass is 16.6. The van der Waals surface area contributed by atoms with Crippen LogP contribution < -0.4 is 11.5 Å². The molecule has 88 valence electrons. The summed E-state index contributed by atoms with van der Waals surface area (Å²) >= 11 is 0. The van der Waals surface area contributed by atoms with E-state index in [0.29, 0.717) is 13.1 Å². The zero-order chi connectivity index (χ0) is 11.6. The van der Waals surface area contributed by atoms with Gasteiger partial charge < -0.3 is 21.1 Å². The molecule has 0 aromatic rings. The van der Waals surface area contributed by atoms with Gasteiger partial charge in [0.1, 0.15) is 5.60 Å². The lowest BCUT2D eigenvalue weighted by Gasteiger charge is -2.35. The Morgan fingerprint density at radius 2 is 1.93 bits per heavy atom. The van der Waals surface area contributed by atoms with Crippen molar-refractivity contribution in [2.75, 3.05) is 13.1 Å². The first-order valence-corrected chi connectivity index (χ1v) is 5.28. The number of carbonyl (C=O) groups excluding carboxylic acids is 1. The lowest BCUT2D eigenvalue weighted by Crippen LogP contribution is -2.56. The van der Waals surface area contributed by atoms with E-state index in [0.717, 1.165) is 6.42 Å². The van der Waals surface area contributed by atoms with Crippen LogP contribution in [0.1, 0.15) is 27.2 Å². The maximum absolute atomic E-state index is 11.7. The summed E-state index contributed by atoms with van der Waals surface area (Å²) in [6.07, 6.45) is 0.435. The predicted molar refractivity (Wildman–Crippen MR) is 58.4 cm³/mol. The number of ether oxygens (including phenoxy) is 1. The van der Waals surface area contributed by atoms with Crippen LogP contribution in [0.2, 0.25) is 0 Å². The molecule has 1 heterocycles. The summed E-state index contributed by atoms with van der Waals surface area (Å²) in [5.41, 5.74) is 11.1. The smallest absolute Gasteiger partial charge is 0.410 e. The highest BCUT2D eigenvalue weighted by Gasteiger charge is 2.29. The second-order valence-corrected chi connectivity index (χ2v) is 5.04. The van der Waals surface area contributed by atoms with Gasteiger partial charge in [0.25, 0.3) is 0 Å². The fourth-order valence-electron chi connectivity index (χ4n) is 1.49. The minimum Gasteiger partial charge on any atom is -0.444 e. The van der Waals surface area contributed by atoms with Crippen molar-refractivity contribution in [3.05, 3.63) is 0 Å². The van der Waals surface area contributed by atoms with E-state index < -0.39 is 5.60 Å². The summed E-state index contributed by atoms with van der Waals surface area (Å²) in [5.74, 6) is 0. The summed E-state index contributed by atoms with van der Waals surface area (Å²) in [4.78, 5) is 13.3. The number of amides is 1. The van der Waals surface area contributed by atoms with Gasteiger partial charge in [-0.3, -0.25) is 0 Å². The maximum Gasteiger partial charge on any atom is 0.410 e. The molecule has 0 aromatic carbocycles. The average molecular weight is 215 g/mol. The Balaban J connectivity index is 2.48. The molecular weight excluding hydrogens is 194 g/mol. The van der Waals surface area contributed by atoms with E-state index in [9.17, 15) is 4.79 Å². The normalized spacial score (nSPS) is 27.7. The molecule has 0 aromatic heterocycles. The third-order valence-electron chi connectivity index (χ3n) is 2.37. The molecule has 1 aliphatic rings. The molecular formula is C10H21N3O2. The Hall–Kier alpha value is -0.810. The highest BCUT2D eigenvalue weighted by Crippen LogP contribution is 2.13. The van der Waals surface area contributed by atoms with Gasteiger partial charge in [0.15, 0.2) is 0 Å². The summed E-state index contributed by atoms with van der Waals surface area (Å²) in [5, 5.41) is 0. The van der Waals surface area contributed by atoms with Crippen molar-refractivity contribution in [2.45, 2.75) is 44.9 Å². The zero-order valence-electron chi connectivity index (χ0n) is 9.69. The third-order valence-corrected chi connectivity index (χ3v) is 2.37. The first-order valence-electron chi connectivity index (χ1n) is 5.28. The molecule has 0 spiro atoms. The van der Waals surface area contributed by atoms with Crippen LogP contribution in [-0.2, 0) is 4.74 Å². The lowest BCUT2D eigenvalue weighted by molar-refractivity contribution is 0.0189. The van der Waals surface area contributed by atoms with Crippen LogP contribution in [0, 0.1) is 0 Å². The Bertz CT molecular complexity index is 237. The van der Waals surface area contributed by atoms with E-state index in [4.69, 9.17) is 16.2 Å². The molecule has 5 nitrogen and oxygen atoms in total. The standard InChI is InChI=1S/C10H21N3O2/c1-10(2,3)15-9(14)13-5-4-7(11)8(12)6-13/h7-8H,4-6,11-12H2,1-3H3. The maximum atomic E-state index is 11.7. The lowest BCUT2D eigenvalue weighted by atomic mass is 10.0. The monoisotopic (exact) mass is 215 g/mol. The van der Waals surface area contributed by atoms with Gasteiger partial charge in [0.2, 0.25) is 0 Å². The molecule has 1 fully saturated rings. The second-order valence-electron chi connectivity index (χ2n) is 5.04. The SMILES string of the molecule is CC(C)(C)OC(=O)N1CCC(N)C(N)C1. The van der Waals surface area contributed by atoms with Crippen LogP contribution in [0.5, 0.6) is 0 Å². The van der Waals surface area contributed by atoms with Crippen LogP contribution in [0.15, 0.2) is 0 Å². The molecule has 0 saturated carbocycles. The van der Waals surface area contributed by atoms with Crippen molar-refractivity contribution in [1.82, 2.24) is 4.90 Å². The van der Waals surface area contributed by atoms with Gasteiger partial charge in [0.05, 0.1) is 0 Å². The number of likely N-dealkylation sites (tertiary alicyclic amines) is 1. The fraction of sp³-hybridized carbons (Fsp3) is 0.900. The Morgan fingerprint density at radius 1 is 1.33 bits per heavy atom. The number of hydrogen-bond acceptors (Lipinski definition) is 4. The molecule has 1 rings (SSSR count). The number of piperidine rings is 1. The minimum atomic E-state index is -0.458. The quantitative estimate of drug-likeness (QED) is 0.608. The van der Waals surface area contributed by atoms with Crippen LogP contribution in [-0.4, -0.2) is 41.8 Å². The fourth-order valence-corrected chi connectivity index (χ4v) is 1.49. The molecule has 2 unspecified atom stereocenters. The van der Waals surface area contributed by atoms with Gasteiger partial charge in [0, 0.05) is 25.2 Å². The molecule has 2 atom stereocenters. The average Bonchev–Trinajstić information content (AvgIpc) is 2.06. The first-order chi connectivity index (χ1) is 6.79. The molecule has 5 heteroatoms. The van der Waals surface area contributed by atoms with Gasteiger partial charge in [-0.05, 0) is 27.2 Å². The zero-order valence-corrected chi connectivity index (χ0v) is 9.69. The van der Waals surface area contributed by atoms with Crippen LogP contribution in [0.4, 0.5) is 4.79 Å². The molecule has 1 aliphatic heterocycles. The first kappa shape index (κ1) is 12.3. The highest BCUT2D eigenvalue weighted by molar-refractivity contribution is 5.68. The number of rotatable bonds is 0. The van der Waals surface area contributed by atoms with E-state index >= 15 is 0 Å². The number of nitrogens with two attached hydrogens (primary N) is 2. The van der Waals surface area contributed by atoms with Gasteiger partial charge in [-0.15, -0.1) is 0 Å². The third kappa shape index (κ3) is 3.68. The Kier molecular flexibility index (Phi) is 3.57. The van der Waals surface area contributed by atoms with Gasteiger partial charge >= 0.3 is 6.09 Å². The molecule has 1 saturated heterocycles. The molecule has 0 radical (unpaired) electrons. The van der Waals surface area contributed by atoms with Gasteiger partial charge in [-0.2, -0.15) is 0 Å². The molecule has 4 N–H and O–H groups in total. The van der Waals surface area contributed by atoms with E-state index in [1.165, 1.54) is 0 Å². The minimum absolute atomic E-state index is 0.0105. The molecule has 1 amide bonds. The molecule has 15 heavy (non-hydrogen) atoms. The Morgan fingerprint density at radius 3 is 2.40 bits per heavy atom. The number of nitrogens with zero attached hydrogens (tertiary/aromatic N) is 1. The second kappa shape index (κ2) is 4.37. The van der Waals surface area contributed by atoms with Gasteiger partial charge in [-0.25, -0.2) is 4.79 Å². The Labute approximate surface area is 90.7 Å². The predicted octanol–water partition coefficient (Wildman–Crippen LogP) is 0.282. The molecule has 0 aliphatic carbocycles. The van der Waals surface area contributed by atoms with Crippen LogP contribution in [0.3, 0.4) is 0 Å². The van der Waals surface area contributed by atoms with E-state index in [-0.39, 0.29) is 18.2 Å². The number of hydrogen-bond donors (Lipinski definition) is 2. The van der Waals surface area contributed by atoms with Crippen molar-refractivity contribution in [3.8, 4) is 0 Å². The largest absolute Gasteiger partial charge is 0.444 e. The topological polar surface area (TPSA) is 81.6 Å². The summed E-state index contributed by atoms with van der Waals surface area (Å²) in [7, 11) is 0. The van der Waals surface area contributed by atoms with Crippen LogP contribution in [0.25, 0.3) is 0 Å². The van der Waals surface area contributed by atoms with E-state index in [1.54, 1.807) is 4.90 Å². The van der Waals surface area contributed by atoms with E-state index in [2.05, 4.69) is 0 Å². The van der Waals surface area contributed by atoms with Crippen molar-refractivity contribution >= 4 is 6.09 Å².